The maximum Gasteiger partial charge on any atom is 0.239 e. The standard InChI is InChI=1S/C23H24N6O3/c1-28(2)23(30)14(12-24)11-16-3-4-19(32-16)22-27-18-13-26-21-17(5-8-25-21)20(18)29(22)15-6-9-31-10-7-15/h3-5,8,13-15H,6-7,9-11H2,1-2H3,(H,25,26). The number of carbonyl (C=O) groups is 1. The molecule has 164 valence electrons. The van der Waals surface area contributed by atoms with Crippen LogP contribution in [-0.2, 0) is 16.0 Å². The van der Waals surface area contributed by atoms with E-state index in [2.05, 4.69) is 20.6 Å². The summed E-state index contributed by atoms with van der Waals surface area (Å²) in [6.07, 6.45) is 5.64. The van der Waals surface area contributed by atoms with E-state index in [1.165, 1.54) is 4.90 Å². The minimum atomic E-state index is -0.790. The molecule has 1 fully saturated rings. The van der Waals surface area contributed by atoms with Crippen LogP contribution in [0.15, 0.2) is 35.0 Å². The fourth-order valence-corrected chi connectivity index (χ4v) is 4.37. The number of nitrogens with zero attached hydrogens (tertiary/aromatic N) is 5. The van der Waals surface area contributed by atoms with Gasteiger partial charge in [0.1, 0.15) is 22.8 Å². The van der Waals surface area contributed by atoms with Crippen LogP contribution in [0.5, 0.6) is 0 Å². The molecule has 0 aliphatic carbocycles. The van der Waals surface area contributed by atoms with Crippen molar-refractivity contribution >= 4 is 28.0 Å². The highest BCUT2D eigenvalue weighted by molar-refractivity contribution is 6.02. The van der Waals surface area contributed by atoms with Crippen molar-refractivity contribution in [2.75, 3.05) is 27.3 Å². The van der Waals surface area contributed by atoms with Crippen molar-refractivity contribution < 1.29 is 13.9 Å². The van der Waals surface area contributed by atoms with Crippen LogP contribution < -0.4 is 0 Å². The number of ether oxygens (including phenoxy) is 1. The van der Waals surface area contributed by atoms with E-state index in [0.717, 1.165) is 40.7 Å². The minimum Gasteiger partial charge on any atom is -0.458 e. The molecule has 1 aliphatic heterocycles. The number of aromatic amines is 1. The molecule has 5 rings (SSSR count). The number of nitrogens with one attached hydrogen (secondary N) is 1. The summed E-state index contributed by atoms with van der Waals surface area (Å²) in [5, 5.41) is 10.5. The van der Waals surface area contributed by atoms with E-state index in [1.807, 2.05) is 24.4 Å². The average molecular weight is 432 g/mol. The molecule has 4 aromatic rings. The lowest BCUT2D eigenvalue weighted by molar-refractivity contribution is -0.131. The predicted octanol–water partition coefficient (Wildman–Crippen LogP) is 3.29. The van der Waals surface area contributed by atoms with Crippen LogP contribution in [0.3, 0.4) is 0 Å². The summed E-state index contributed by atoms with van der Waals surface area (Å²) in [6, 6.07) is 8.01. The third kappa shape index (κ3) is 3.42. The summed E-state index contributed by atoms with van der Waals surface area (Å²) in [5.41, 5.74) is 2.64. The lowest BCUT2D eigenvalue weighted by Gasteiger charge is -2.25. The third-order valence-corrected chi connectivity index (χ3v) is 5.97. The van der Waals surface area contributed by atoms with Gasteiger partial charge in [-0.15, -0.1) is 0 Å². The Morgan fingerprint density at radius 3 is 2.91 bits per heavy atom. The van der Waals surface area contributed by atoms with Gasteiger partial charge in [0.2, 0.25) is 5.91 Å². The molecule has 0 radical (unpaired) electrons. The first kappa shape index (κ1) is 20.3. The third-order valence-electron chi connectivity index (χ3n) is 5.97. The van der Waals surface area contributed by atoms with Gasteiger partial charge in [-0.1, -0.05) is 0 Å². The summed E-state index contributed by atoms with van der Waals surface area (Å²) >= 11 is 0. The number of aromatic nitrogens is 4. The van der Waals surface area contributed by atoms with Gasteiger partial charge in [0.25, 0.3) is 0 Å². The van der Waals surface area contributed by atoms with E-state index in [-0.39, 0.29) is 18.4 Å². The quantitative estimate of drug-likeness (QED) is 0.518. The van der Waals surface area contributed by atoms with E-state index < -0.39 is 5.92 Å². The van der Waals surface area contributed by atoms with Gasteiger partial charge in [0.05, 0.1) is 17.8 Å². The summed E-state index contributed by atoms with van der Waals surface area (Å²) in [5.74, 6) is 0.890. The van der Waals surface area contributed by atoms with Crippen LogP contribution >= 0.6 is 0 Å². The Balaban J connectivity index is 1.59. The van der Waals surface area contributed by atoms with Crippen molar-refractivity contribution in [3.05, 3.63) is 36.4 Å². The number of rotatable bonds is 5. The summed E-state index contributed by atoms with van der Waals surface area (Å²) < 4.78 is 14.0. The van der Waals surface area contributed by atoms with Gasteiger partial charge < -0.3 is 23.6 Å². The first-order valence-corrected chi connectivity index (χ1v) is 10.7. The summed E-state index contributed by atoms with van der Waals surface area (Å²) in [4.78, 5) is 26.2. The Hall–Kier alpha value is -3.64. The fraction of sp³-hybridized carbons (Fsp3) is 0.391. The SMILES string of the molecule is CN(C)C(=O)C(C#N)Cc1ccc(-c2nc3cnc4[nH]ccc4c3n2C2CCOCC2)o1. The number of fused-ring (bicyclic) bond motifs is 3. The molecular formula is C23H24N6O3. The highest BCUT2D eigenvalue weighted by atomic mass is 16.5. The number of hydrogen-bond acceptors (Lipinski definition) is 6. The number of furan rings is 1. The molecule has 1 saturated heterocycles. The molecule has 0 spiro atoms. The number of H-pyrrole nitrogens is 1. The van der Waals surface area contributed by atoms with Crippen molar-refractivity contribution in [1.29, 1.82) is 5.26 Å². The van der Waals surface area contributed by atoms with Crippen LogP contribution in [0, 0.1) is 17.2 Å². The second kappa shape index (κ2) is 8.13. The smallest absolute Gasteiger partial charge is 0.239 e. The zero-order chi connectivity index (χ0) is 22.2. The Bertz CT molecular complexity index is 1320. The molecule has 5 heterocycles. The van der Waals surface area contributed by atoms with Crippen LogP contribution in [0.4, 0.5) is 0 Å². The minimum absolute atomic E-state index is 0.217. The van der Waals surface area contributed by atoms with Gasteiger partial charge in [-0.25, -0.2) is 9.97 Å². The predicted molar refractivity (Wildman–Crippen MR) is 118 cm³/mol. The lowest BCUT2D eigenvalue weighted by atomic mass is 10.0. The van der Waals surface area contributed by atoms with E-state index in [4.69, 9.17) is 14.1 Å². The molecule has 0 saturated carbocycles. The van der Waals surface area contributed by atoms with Crippen LogP contribution in [0.2, 0.25) is 0 Å². The zero-order valence-electron chi connectivity index (χ0n) is 18.0. The van der Waals surface area contributed by atoms with Crippen molar-refractivity contribution in [2.24, 2.45) is 5.92 Å². The van der Waals surface area contributed by atoms with Crippen molar-refractivity contribution in [1.82, 2.24) is 24.4 Å². The second-order valence-electron chi connectivity index (χ2n) is 8.27. The molecule has 1 atom stereocenters. The fourth-order valence-electron chi connectivity index (χ4n) is 4.37. The number of hydrogen-bond donors (Lipinski definition) is 1. The highest BCUT2D eigenvalue weighted by Crippen LogP contribution is 2.36. The number of pyridine rings is 1. The second-order valence-corrected chi connectivity index (χ2v) is 8.27. The van der Waals surface area contributed by atoms with Gasteiger partial charge >= 0.3 is 0 Å². The van der Waals surface area contributed by atoms with E-state index in [9.17, 15) is 10.1 Å². The van der Waals surface area contributed by atoms with Crippen molar-refractivity contribution in [3.8, 4) is 17.7 Å². The maximum atomic E-state index is 12.3. The molecule has 1 unspecified atom stereocenters. The number of carbonyl (C=O) groups excluding carboxylic acids is 1. The van der Waals surface area contributed by atoms with Crippen LogP contribution in [0.25, 0.3) is 33.7 Å². The number of amides is 1. The van der Waals surface area contributed by atoms with E-state index in [1.54, 1.807) is 20.3 Å². The molecular weight excluding hydrogens is 408 g/mol. The molecule has 0 bridgehead atoms. The Morgan fingerprint density at radius 1 is 1.34 bits per heavy atom. The zero-order valence-corrected chi connectivity index (χ0v) is 18.0. The summed E-state index contributed by atoms with van der Waals surface area (Å²) in [7, 11) is 3.29. The molecule has 1 amide bonds. The molecule has 9 heteroatoms. The first-order chi connectivity index (χ1) is 15.6. The summed E-state index contributed by atoms with van der Waals surface area (Å²) in [6.45, 7) is 1.40. The maximum absolute atomic E-state index is 12.3. The van der Waals surface area contributed by atoms with Crippen molar-refractivity contribution in [2.45, 2.75) is 25.3 Å². The van der Waals surface area contributed by atoms with Gasteiger partial charge in [-0.3, -0.25) is 4.79 Å². The van der Waals surface area contributed by atoms with Gasteiger partial charge in [-0.05, 0) is 31.0 Å². The topological polar surface area (TPSA) is 113 Å². The number of imidazole rings is 1. The van der Waals surface area contributed by atoms with E-state index >= 15 is 0 Å². The van der Waals surface area contributed by atoms with E-state index in [0.29, 0.717) is 24.7 Å². The molecule has 32 heavy (non-hydrogen) atoms. The molecule has 1 aliphatic rings. The number of nitriles is 1. The van der Waals surface area contributed by atoms with Crippen molar-refractivity contribution in [3.63, 3.8) is 0 Å². The Morgan fingerprint density at radius 2 is 2.16 bits per heavy atom. The molecule has 1 N–H and O–H groups in total. The van der Waals surface area contributed by atoms with Crippen LogP contribution in [-0.4, -0.2) is 57.6 Å². The van der Waals surface area contributed by atoms with Gasteiger partial charge in [0, 0.05) is 51.4 Å². The highest BCUT2D eigenvalue weighted by Gasteiger charge is 2.27. The Labute approximate surface area is 184 Å². The monoisotopic (exact) mass is 432 g/mol. The van der Waals surface area contributed by atoms with Gasteiger partial charge in [-0.2, -0.15) is 5.26 Å². The lowest BCUT2D eigenvalue weighted by Crippen LogP contribution is -2.29. The Kier molecular flexibility index (Phi) is 5.15. The normalized spacial score (nSPS) is 15.8. The first-order valence-electron chi connectivity index (χ1n) is 10.7. The molecule has 9 nitrogen and oxygen atoms in total. The molecule has 4 aromatic heterocycles. The van der Waals surface area contributed by atoms with Crippen LogP contribution in [0.1, 0.15) is 24.6 Å². The largest absolute Gasteiger partial charge is 0.458 e. The van der Waals surface area contributed by atoms with Gasteiger partial charge in [0.15, 0.2) is 11.6 Å². The average Bonchev–Trinajstić information content (AvgIpc) is 3.54. The molecule has 0 aromatic carbocycles.